The Kier molecular flexibility index (Phi) is 36.3. The molecule has 0 radical (unpaired) electrons. The highest BCUT2D eigenvalue weighted by Crippen LogP contribution is 2.29. The summed E-state index contributed by atoms with van der Waals surface area (Å²) in [4.78, 5) is 47.8. The lowest BCUT2D eigenvalue weighted by molar-refractivity contribution is -0.115. The molecule has 64 heavy (non-hydrogen) atoms. The van der Waals surface area contributed by atoms with Gasteiger partial charge in [0.15, 0.2) is 6.29 Å². The van der Waals surface area contributed by atoms with Crippen LogP contribution in [0.2, 0.25) is 0 Å². The number of likely N-dealkylation sites (N-methyl/N-ethyl adjacent to an activating group) is 1. The van der Waals surface area contributed by atoms with E-state index in [1.54, 1.807) is 12.2 Å². The molecule has 342 valence electrons. The summed E-state index contributed by atoms with van der Waals surface area (Å²) in [5, 5.41) is 8.71. The minimum atomic E-state index is -0.263. The average molecular weight is 867 g/mol. The van der Waals surface area contributed by atoms with Crippen molar-refractivity contribution in [3.05, 3.63) is 149 Å². The van der Waals surface area contributed by atoms with E-state index in [0.717, 1.165) is 91.2 Å². The topological polar surface area (TPSA) is 108 Å². The number of rotatable bonds is 18. The van der Waals surface area contributed by atoms with Crippen LogP contribution in [0.3, 0.4) is 0 Å². The molecular weight excluding hydrogens is 793 g/mol. The van der Waals surface area contributed by atoms with Crippen LogP contribution >= 0.6 is 0 Å². The van der Waals surface area contributed by atoms with Crippen LogP contribution in [0, 0.1) is 25.7 Å². The number of nitrogens with one attached hydrogen (secondary N) is 3. The fourth-order valence-electron chi connectivity index (χ4n) is 6.10. The number of anilines is 2. The summed E-state index contributed by atoms with van der Waals surface area (Å²) in [5.74, 6) is -0.494. The Morgan fingerprint density at radius 1 is 0.797 bits per heavy atom. The van der Waals surface area contributed by atoms with Gasteiger partial charge in [-0.25, -0.2) is 0 Å². The highest BCUT2D eigenvalue weighted by atomic mass is 16.2. The Hall–Kier alpha value is -6.74. The minimum absolute atomic E-state index is 0.0868. The van der Waals surface area contributed by atoms with E-state index in [2.05, 4.69) is 101 Å². The first-order valence-corrected chi connectivity index (χ1v) is 21.9. The molecule has 8 heteroatoms. The minimum Gasteiger partial charge on any atom is -0.388 e. The van der Waals surface area contributed by atoms with Crippen molar-refractivity contribution in [2.45, 2.75) is 86.0 Å². The van der Waals surface area contributed by atoms with E-state index in [4.69, 9.17) is 0 Å². The first kappa shape index (κ1) is 59.4. The third-order valence-corrected chi connectivity index (χ3v) is 9.15. The van der Waals surface area contributed by atoms with Gasteiger partial charge in [-0.1, -0.05) is 133 Å². The van der Waals surface area contributed by atoms with Crippen LogP contribution in [0.5, 0.6) is 0 Å². The van der Waals surface area contributed by atoms with Crippen molar-refractivity contribution in [2.75, 3.05) is 44.4 Å². The summed E-state index contributed by atoms with van der Waals surface area (Å²) >= 11 is 0. The van der Waals surface area contributed by atoms with E-state index < -0.39 is 0 Å². The molecular formula is C56H74N4O4. The van der Waals surface area contributed by atoms with Gasteiger partial charge in [0.25, 0.3) is 5.91 Å². The van der Waals surface area contributed by atoms with Crippen molar-refractivity contribution in [3.63, 3.8) is 0 Å². The molecule has 3 N–H and O–H groups in total. The lowest BCUT2D eigenvalue weighted by Gasteiger charge is -2.16. The Bertz CT molecular complexity index is 1960. The van der Waals surface area contributed by atoms with Gasteiger partial charge in [0.2, 0.25) is 5.91 Å². The molecule has 0 aliphatic heterocycles. The second-order valence-electron chi connectivity index (χ2n) is 14.2. The molecule has 0 atom stereocenters. The van der Waals surface area contributed by atoms with E-state index >= 15 is 0 Å². The maximum absolute atomic E-state index is 12.8. The summed E-state index contributed by atoms with van der Waals surface area (Å²) in [6.07, 6.45) is 38.1. The van der Waals surface area contributed by atoms with E-state index in [1.165, 1.54) is 18.4 Å². The fourth-order valence-corrected chi connectivity index (χ4v) is 6.10. The zero-order valence-electron chi connectivity index (χ0n) is 39.6. The summed E-state index contributed by atoms with van der Waals surface area (Å²) in [6.45, 7) is 19.3. The second kappa shape index (κ2) is 39.1. The molecule has 0 bridgehead atoms. The largest absolute Gasteiger partial charge is 0.388 e. The fraction of sp³-hybridized carbons (Fsp3) is 0.321. The van der Waals surface area contributed by atoms with Gasteiger partial charge in [0.05, 0.1) is 13.1 Å². The quantitative estimate of drug-likeness (QED) is 0.0386. The molecule has 2 amide bonds. The van der Waals surface area contributed by atoms with Gasteiger partial charge in [-0.2, -0.15) is 0 Å². The lowest BCUT2D eigenvalue weighted by atomic mass is 9.90. The average Bonchev–Trinajstić information content (AvgIpc) is 3.34. The number of benzene rings is 3. The van der Waals surface area contributed by atoms with Crippen molar-refractivity contribution in [1.29, 1.82) is 0 Å². The molecule has 0 unspecified atom stereocenters. The van der Waals surface area contributed by atoms with Crippen LogP contribution in [-0.4, -0.2) is 63.0 Å². The van der Waals surface area contributed by atoms with Gasteiger partial charge in [-0.05, 0) is 123 Å². The molecule has 3 aromatic rings. The number of hydrogen-bond donors (Lipinski definition) is 3. The Balaban J connectivity index is 0. The molecule has 1 aliphatic carbocycles. The monoisotopic (exact) mass is 867 g/mol. The highest BCUT2D eigenvalue weighted by molar-refractivity contribution is 6.02. The molecule has 0 fully saturated rings. The number of allylic oxidation sites excluding steroid dienone is 8. The Morgan fingerprint density at radius 2 is 1.38 bits per heavy atom. The standard InChI is InChI=1S/C30H31N3O2.C13H18O.C6H13NO.C3H8.2C2H2/c1-31-25-17-13-22(14-18-25)11-12-23-15-19-26(20-16-23)33-29(34)21-32-30(35)28-10-6-5-9-27(28)24-7-3-2-4-8-24;1-5-9-11(6-2)13(8-4)12(7-3)10-14;1-3-4-7(2)5-6-8;1-3-2;2*1-2/h5-7,9-20,31H,2-4,8,21H2,1H3,(H,32,35)(H,33,34);6-8,10H,3-5,9H2,1-2H3;6H,3-5H2,1-2H3;3H2,1-2H3;2*1-2H/b12-11+;11-6+,13-12-;;;;. The number of amides is 2. The molecule has 3 aromatic carbocycles. The molecule has 0 heterocycles. The third-order valence-electron chi connectivity index (χ3n) is 9.15. The van der Waals surface area contributed by atoms with Crippen molar-refractivity contribution < 1.29 is 19.2 Å². The van der Waals surface area contributed by atoms with Gasteiger partial charge in [-0.3, -0.25) is 19.3 Å². The van der Waals surface area contributed by atoms with Crippen LogP contribution in [0.1, 0.15) is 113 Å². The summed E-state index contributed by atoms with van der Waals surface area (Å²) in [5.41, 5.74) is 9.37. The van der Waals surface area contributed by atoms with E-state index in [-0.39, 0.29) is 18.4 Å². The lowest BCUT2D eigenvalue weighted by Crippen LogP contribution is -2.33. The van der Waals surface area contributed by atoms with Crippen molar-refractivity contribution >= 4 is 53.5 Å². The number of aldehydes is 2. The van der Waals surface area contributed by atoms with E-state index in [1.807, 2.05) is 105 Å². The number of carbonyl (C=O) groups is 4. The first-order chi connectivity index (χ1) is 31.1. The van der Waals surface area contributed by atoms with Crippen LogP contribution in [-0.2, 0) is 14.4 Å². The predicted octanol–water partition coefficient (Wildman–Crippen LogP) is 12.3. The maximum atomic E-state index is 12.8. The van der Waals surface area contributed by atoms with Gasteiger partial charge in [-0.15, -0.1) is 25.7 Å². The summed E-state index contributed by atoms with van der Waals surface area (Å²) in [7, 11) is 3.84. The van der Waals surface area contributed by atoms with Crippen molar-refractivity contribution in [2.24, 2.45) is 0 Å². The second-order valence-corrected chi connectivity index (χ2v) is 14.2. The zero-order valence-corrected chi connectivity index (χ0v) is 39.6. The SMILES string of the molecule is C#C.C#C.C=C/C(C=O)=C(C=C)/C(=C/C)CCC.CCC.CCCN(C)CC=O.CNc1ccc(/C=C/c2ccc(NC(=O)CNC(=O)c3ccccc3C3=CCCCC3)cc2)cc1. The van der Waals surface area contributed by atoms with Crippen LogP contribution < -0.4 is 16.0 Å². The highest BCUT2D eigenvalue weighted by Gasteiger charge is 2.16. The maximum Gasteiger partial charge on any atom is 0.252 e. The van der Waals surface area contributed by atoms with Gasteiger partial charge in [0, 0.05) is 29.6 Å². The van der Waals surface area contributed by atoms with E-state index in [0.29, 0.717) is 23.4 Å². The normalized spacial score (nSPS) is 11.7. The Labute approximate surface area is 386 Å². The molecule has 1 aliphatic rings. The number of hydrogen-bond acceptors (Lipinski definition) is 6. The molecule has 0 spiro atoms. The number of nitrogens with zero attached hydrogens (tertiary/aromatic N) is 1. The van der Waals surface area contributed by atoms with Crippen molar-refractivity contribution in [3.8, 4) is 25.7 Å². The molecule has 0 saturated carbocycles. The van der Waals surface area contributed by atoms with Crippen LogP contribution in [0.4, 0.5) is 11.4 Å². The summed E-state index contributed by atoms with van der Waals surface area (Å²) in [6, 6.07) is 23.4. The third kappa shape index (κ3) is 24.6. The molecule has 4 rings (SSSR count). The van der Waals surface area contributed by atoms with Gasteiger partial charge in [0.1, 0.15) is 6.29 Å². The number of terminal acetylenes is 2. The molecule has 8 nitrogen and oxygen atoms in total. The summed E-state index contributed by atoms with van der Waals surface area (Å²) < 4.78 is 0. The van der Waals surface area contributed by atoms with Gasteiger partial charge < -0.3 is 20.7 Å². The number of carbonyl (C=O) groups excluding carboxylic acids is 4. The first-order valence-electron chi connectivity index (χ1n) is 21.9. The zero-order chi connectivity index (χ0) is 48.5. The van der Waals surface area contributed by atoms with Crippen molar-refractivity contribution in [1.82, 2.24) is 10.2 Å². The van der Waals surface area contributed by atoms with Crippen LogP contribution in [0.25, 0.3) is 17.7 Å². The molecule has 0 saturated heterocycles. The van der Waals surface area contributed by atoms with Crippen LogP contribution in [0.15, 0.2) is 127 Å². The molecule has 0 aromatic heterocycles. The predicted molar refractivity (Wildman–Crippen MR) is 277 cm³/mol. The Morgan fingerprint density at radius 3 is 1.83 bits per heavy atom. The van der Waals surface area contributed by atoms with E-state index in [9.17, 15) is 19.2 Å². The van der Waals surface area contributed by atoms with Gasteiger partial charge >= 0.3 is 0 Å². The smallest absolute Gasteiger partial charge is 0.252 e.